The number of para-hydroxylation sites is 1. The number of nitrogens with zero attached hydrogens (tertiary/aromatic N) is 1. The zero-order valence-corrected chi connectivity index (χ0v) is 14.4. The predicted molar refractivity (Wildman–Crippen MR) is 96.5 cm³/mol. The van der Waals surface area contributed by atoms with Crippen LogP contribution in [-0.2, 0) is 9.59 Å². The van der Waals surface area contributed by atoms with Gasteiger partial charge in [0, 0.05) is 5.69 Å². The Bertz CT molecular complexity index is 817. The quantitative estimate of drug-likeness (QED) is 0.728. The molecule has 0 fully saturated rings. The molecule has 3 N–H and O–H groups in total. The first-order valence-electron chi connectivity index (χ1n) is 7.63. The number of anilines is 2. The largest absolute Gasteiger partial charge is 0.322 e. The molecule has 6 nitrogen and oxygen atoms in total. The first kappa shape index (κ1) is 18.5. The number of likely N-dealkylation sites (N-methyl/N-ethyl adjacent to an activating group) is 1. The van der Waals surface area contributed by atoms with Gasteiger partial charge in [0.05, 0.1) is 29.4 Å². The molecule has 7 heteroatoms. The van der Waals surface area contributed by atoms with Gasteiger partial charge in [-0.3, -0.25) is 9.59 Å². The summed E-state index contributed by atoms with van der Waals surface area (Å²) in [4.78, 5) is 24.8. The minimum atomic E-state index is -0.238. The molecule has 128 valence electrons. The molecule has 0 aliphatic carbocycles. The molecule has 0 aromatic heterocycles. The summed E-state index contributed by atoms with van der Waals surface area (Å²) in [6.45, 7) is 0.240. The topological polar surface area (TPSA) is 86.4 Å². The number of halogens is 1. The summed E-state index contributed by atoms with van der Waals surface area (Å²) in [6, 6.07) is 15.6. The van der Waals surface area contributed by atoms with Gasteiger partial charge >= 0.3 is 0 Å². The molecule has 2 rings (SSSR count). The van der Waals surface area contributed by atoms with E-state index in [1.165, 1.54) is 0 Å². The summed E-state index contributed by atoms with van der Waals surface area (Å²) in [6.07, 6.45) is 0. The van der Waals surface area contributed by atoms with Gasteiger partial charge in [-0.15, -0.1) is 0 Å². The van der Waals surface area contributed by atoms with E-state index in [0.29, 0.717) is 22.0 Å². The molecular weight excluding hydrogens is 340 g/mol. The Morgan fingerprint density at radius 1 is 1.08 bits per heavy atom. The predicted octanol–water partition coefficient (Wildman–Crippen LogP) is 1.30. The van der Waals surface area contributed by atoms with Gasteiger partial charge in [0.1, 0.15) is 0 Å². The normalized spacial score (nSPS) is 11.2. The summed E-state index contributed by atoms with van der Waals surface area (Å²) in [5.74, 6) is -0.469. The summed E-state index contributed by atoms with van der Waals surface area (Å²) in [7, 11) is 1.75. The number of carbonyl (C=O) groups excluding carboxylic acids is 2. The number of rotatable bonds is 6. The van der Waals surface area contributed by atoms with Crippen molar-refractivity contribution in [1.82, 2.24) is 0 Å². The van der Waals surface area contributed by atoms with Gasteiger partial charge in [0.2, 0.25) is 0 Å². The van der Waals surface area contributed by atoms with Crippen molar-refractivity contribution in [2.75, 3.05) is 30.8 Å². The number of hydrogen-bond acceptors (Lipinski definition) is 3. The lowest BCUT2D eigenvalue weighted by atomic mass is 10.2. The number of amides is 2. The standard InChI is InChI=1S/C18H17ClN4O2/c1-23(12-18(25)22-16-8-3-2-7-15(16)19)11-17(24)21-14-6-4-5-13(9-14)10-20/h2-9H,11-12H2,1H3,(H,21,24)(H,22,25)/p+1. The van der Waals surface area contributed by atoms with E-state index in [1.807, 2.05) is 6.07 Å². The fourth-order valence-corrected chi connectivity index (χ4v) is 2.42. The highest BCUT2D eigenvalue weighted by Crippen LogP contribution is 2.19. The number of quaternary nitrogens is 1. The molecule has 1 unspecified atom stereocenters. The van der Waals surface area contributed by atoms with Crippen LogP contribution in [0.2, 0.25) is 5.02 Å². The van der Waals surface area contributed by atoms with E-state index in [0.717, 1.165) is 4.90 Å². The smallest absolute Gasteiger partial charge is 0.279 e. The van der Waals surface area contributed by atoms with E-state index in [4.69, 9.17) is 16.9 Å². The summed E-state index contributed by atoms with van der Waals surface area (Å²) in [5, 5.41) is 14.8. The third-order valence-corrected chi connectivity index (χ3v) is 3.68. The Kier molecular flexibility index (Phi) is 6.52. The van der Waals surface area contributed by atoms with Gasteiger partial charge in [-0.2, -0.15) is 5.26 Å². The first-order chi connectivity index (χ1) is 12.0. The van der Waals surface area contributed by atoms with E-state index in [9.17, 15) is 9.59 Å². The van der Waals surface area contributed by atoms with E-state index < -0.39 is 0 Å². The average molecular weight is 358 g/mol. The maximum absolute atomic E-state index is 12.0. The van der Waals surface area contributed by atoms with E-state index in [1.54, 1.807) is 55.6 Å². The molecule has 0 aliphatic heterocycles. The number of benzene rings is 2. The lowest BCUT2D eigenvalue weighted by molar-refractivity contribution is -0.862. The molecule has 1 atom stereocenters. The summed E-state index contributed by atoms with van der Waals surface area (Å²) >= 11 is 6.00. The van der Waals surface area contributed by atoms with Crippen molar-refractivity contribution >= 4 is 34.8 Å². The van der Waals surface area contributed by atoms with Crippen molar-refractivity contribution in [3.05, 3.63) is 59.1 Å². The average Bonchev–Trinajstić information content (AvgIpc) is 2.56. The van der Waals surface area contributed by atoms with Crippen LogP contribution in [-0.4, -0.2) is 32.0 Å². The molecule has 0 heterocycles. The third-order valence-electron chi connectivity index (χ3n) is 3.35. The van der Waals surface area contributed by atoms with Gasteiger partial charge in [0.15, 0.2) is 13.1 Å². The third kappa shape index (κ3) is 5.92. The van der Waals surface area contributed by atoms with Crippen LogP contribution in [0.4, 0.5) is 11.4 Å². The van der Waals surface area contributed by atoms with Crippen molar-refractivity contribution in [1.29, 1.82) is 5.26 Å². The molecule has 0 aliphatic rings. The Labute approximate surface area is 151 Å². The van der Waals surface area contributed by atoms with E-state index in [-0.39, 0.29) is 24.9 Å². The van der Waals surface area contributed by atoms with Gasteiger partial charge in [-0.1, -0.05) is 29.8 Å². The molecule has 0 saturated carbocycles. The van der Waals surface area contributed by atoms with Crippen LogP contribution >= 0.6 is 11.6 Å². The maximum atomic E-state index is 12.0. The first-order valence-corrected chi connectivity index (χ1v) is 8.01. The van der Waals surface area contributed by atoms with Crippen LogP contribution in [0.1, 0.15) is 5.56 Å². The second-order valence-corrected chi connectivity index (χ2v) is 5.99. The zero-order valence-electron chi connectivity index (χ0n) is 13.7. The van der Waals surface area contributed by atoms with Crippen LogP contribution in [0, 0.1) is 11.3 Å². The Morgan fingerprint density at radius 3 is 2.44 bits per heavy atom. The van der Waals surface area contributed by atoms with Crippen molar-refractivity contribution < 1.29 is 14.5 Å². The Balaban J connectivity index is 1.83. The number of hydrogen-bond donors (Lipinski definition) is 3. The molecular formula is C18H18ClN4O2+. The summed E-state index contributed by atoms with van der Waals surface area (Å²) < 4.78 is 0. The van der Waals surface area contributed by atoms with Gasteiger partial charge in [0.25, 0.3) is 11.8 Å². The molecule has 2 aromatic carbocycles. The van der Waals surface area contributed by atoms with Crippen LogP contribution in [0.15, 0.2) is 48.5 Å². The number of nitrogens with one attached hydrogen (secondary N) is 3. The monoisotopic (exact) mass is 357 g/mol. The molecule has 0 saturated heterocycles. The van der Waals surface area contributed by atoms with Crippen LogP contribution in [0.25, 0.3) is 0 Å². The van der Waals surface area contributed by atoms with Gasteiger partial charge < -0.3 is 15.5 Å². The highest BCUT2D eigenvalue weighted by atomic mass is 35.5. The molecule has 0 spiro atoms. The minimum absolute atomic E-state index is 0.118. The second kappa shape index (κ2) is 8.83. The lowest BCUT2D eigenvalue weighted by Gasteiger charge is -2.14. The highest BCUT2D eigenvalue weighted by molar-refractivity contribution is 6.33. The molecule has 0 radical (unpaired) electrons. The fourth-order valence-electron chi connectivity index (χ4n) is 2.24. The van der Waals surface area contributed by atoms with Crippen molar-refractivity contribution in [2.45, 2.75) is 0 Å². The van der Waals surface area contributed by atoms with Gasteiger partial charge in [-0.05, 0) is 30.3 Å². The Hall–Kier alpha value is -2.88. The van der Waals surface area contributed by atoms with Gasteiger partial charge in [-0.25, -0.2) is 0 Å². The maximum Gasteiger partial charge on any atom is 0.279 e. The highest BCUT2D eigenvalue weighted by Gasteiger charge is 2.15. The molecule has 0 bridgehead atoms. The summed E-state index contributed by atoms with van der Waals surface area (Å²) in [5.41, 5.74) is 1.56. The van der Waals surface area contributed by atoms with Crippen LogP contribution in [0.5, 0.6) is 0 Å². The molecule has 25 heavy (non-hydrogen) atoms. The van der Waals surface area contributed by atoms with Crippen LogP contribution < -0.4 is 15.5 Å². The van der Waals surface area contributed by atoms with E-state index >= 15 is 0 Å². The number of carbonyl (C=O) groups is 2. The minimum Gasteiger partial charge on any atom is -0.322 e. The van der Waals surface area contributed by atoms with Crippen molar-refractivity contribution in [3.8, 4) is 6.07 Å². The number of nitriles is 1. The SMILES string of the molecule is C[NH+](CC(=O)Nc1cccc(C#N)c1)CC(=O)Nc1ccccc1Cl. The molecule has 2 aromatic rings. The fraction of sp³-hybridized carbons (Fsp3) is 0.167. The molecule has 2 amide bonds. The van der Waals surface area contributed by atoms with Crippen molar-refractivity contribution in [3.63, 3.8) is 0 Å². The van der Waals surface area contributed by atoms with Crippen molar-refractivity contribution in [2.24, 2.45) is 0 Å². The zero-order chi connectivity index (χ0) is 18.2. The van der Waals surface area contributed by atoms with E-state index in [2.05, 4.69) is 10.6 Å². The Morgan fingerprint density at radius 2 is 1.76 bits per heavy atom. The van der Waals surface area contributed by atoms with Crippen LogP contribution in [0.3, 0.4) is 0 Å². The lowest BCUT2D eigenvalue weighted by Crippen LogP contribution is -3.11. The second-order valence-electron chi connectivity index (χ2n) is 5.58.